The van der Waals surface area contributed by atoms with Crippen molar-refractivity contribution in [1.82, 2.24) is 19.8 Å². The molecule has 2 fully saturated rings. The molecule has 12 heteroatoms. The van der Waals surface area contributed by atoms with Crippen LogP contribution in [0.3, 0.4) is 0 Å². The van der Waals surface area contributed by atoms with Crippen molar-refractivity contribution >= 4 is 41.0 Å². The zero-order valence-electron chi connectivity index (χ0n) is 22.2. The van der Waals surface area contributed by atoms with Crippen molar-refractivity contribution in [1.29, 1.82) is 0 Å². The van der Waals surface area contributed by atoms with E-state index in [-0.39, 0.29) is 58.1 Å². The summed E-state index contributed by atoms with van der Waals surface area (Å²) >= 11 is 12.1. The Balaban J connectivity index is 1.37. The van der Waals surface area contributed by atoms with Gasteiger partial charge in [0.2, 0.25) is 5.95 Å². The molecule has 0 bridgehead atoms. The van der Waals surface area contributed by atoms with Gasteiger partial charge >= 0.3 is 0 Å². The fourth-order valence-electron chi connectivity index (χ4n) is 5.45. The lowest BCUT2D eigenvalue weighted by Crippen LogP contribution is -2.45. The molecule has 0 radical (unpaired) electrons. The highest BCUT2D eigenvalue weighted by Crippen LogP contribution is 2.39. The van der Waals surface area contributed by atoms with Crippen molar-refractivity contribution in [2.24, 2.45) is 5.92 Å². The second kappa shape index (κ2) is 11.1. The van der Waals surface area contributed by atoms with Crippen molar-refractivity contribution < 1.29 is 18.7 Å². The second-order valence-corrected chi connectivity index (χ2v) is 11.4. The van der Waals surface area contributed by atoms with Gasteiger partial charge in [0.1, 0.15) is 0 Å². The number of hydrogen-bond donors (Lipinski definition) is 2. The molecule has 6 rings (SSSR count). The van der Waals surface area contributed by atoms with Gasteiger partial charge in [0.25, 0.3) is 17.4 Å². The highest BCUT2D eigenvalue weighted by atomic mass is 35.5. The fraction of sp³-hybridized carbons (Fsp3) is 0.379. The van der Waals surface area contributed by atoms with E-state index >= 15 is 4.39 Å². The number of fused-ring (bicyclic) bond motifs is 1. The first kappa shape index (κ1) is 27.7. The Bertz CT molecular complexity index is 1580. The first-order valence-electron chi connectivity index (χ1n) is 13.5. The fourth-order valence-corrected chi connectivity index (χ4v) is 5.75. The Kier molecular flexibility index (Phi) is 7.48. The van der Waals surface area contributed by atoms with Gasteiger partial charge in [-0.05, 0) is 67.6 Å². The normalized spacial score (nSPS) is 21.9. The lowest BCUT2D eigenvalue weighted by molar-refractivity contribution is 0.0381. The van der Waals surface area contributed by atoms with Crippen LogP contribution in [-0.4, -0.2) is 58.4 Å². The van der Waals surface area contributed by atoms with Crippen molar-refractivity contribution in [2.45, 2.75) is 50.7 Å². The van der Waals surface area contributed by atoms with Crippen LogP contribution < -0.4 is 16.2 Å². The van der Waals surface area contributed by atoms with Gasteiger partial charge < -0.3 is 20.3 Å². The smallest absolute Gasteiger partial charge is 0.263 e. The van der Waals surface area contributed by atoms with E-state index in [1.165, 1.54) is 29.8 Å². The number of halogens is 3. The monoisotopic (exact) mass is 599 g/mol. The van der Waals surface area contributed by atoms with E-state index < -0.39 is 17.8 Å². The zero-order valence-corrected chi connectivity index (χ0v) is 23.7. The molecule has 2 N–H and O–H groups in total. The third-order valence-electron chi connectivity index (χ3n) is 7.84. The summed E-state index contributed by atoms with van der Waals surface area (Å²) in [4.78, 5) is 45.0. The quantitative estimate of drug-likeness (QED) is 0.408. The summed E-state index contributed by atoms with van der Waals surface area (Å²) in [5.74, 6) is 0.00130. The number of nitrogens with one attached hydrogen (secondary N) is 2. The lowest BCUT2D eigenvalue weighted by atomic mass is 10.0. The average molecular weight is 600 g/mol. The van der Waals surface area contributed by atoms with Crippen LogP contribution in [0.15, 0.2) is 47.3 Å². The molecule has 2 unspecified atom stereocenters. The Hall–Kier alpha value is -3.47. The first-order chi connectivity index (χ1) is 19.7. The summed E-state index contributed by atoms with van der Waals surface area (Å²) < 4.78 is 22.9. The second-order valence-electron chi connectivity index (χ2n) is 10.6. The largest absolute Gasteiger partial charge is 0.376 e. The minimum atomic E-state index is -1.75. The summed E-state index contributed by atoms with van der Waals surface area (Å²) in [6.45, 7) is 0.278. The SMILES string of the molecule is CNC(=O)c1ccc(-n2c(NC3COC(C4CC4)C3)nc3c(c2=O)C[C@@H](F)N(C(=O)c2ccc(Cl)c(Cl)c2)C3)cc1. The summed E-state index contributed by atoms with van der Waals surface area (Å²) in [6, 6.07) is 10.8. The van der Waals surface area contributed by atoms with Crippen LogP contribution in [0.25, 0.3) is 5.69 Å². The molecule has 3 aromatic rings. The minimum absolute atomic E-state index is 0.0756. The van der Waals surface area contributed by atoms with Crippen molar-refractivity contribution in [2.75, 3.05) is 19.0 Å². The van der Waals surface area contributed by atoms with E-state index in [9.17, 15) is 14.4 Å². The van der Waals surface area contributed by atoms with Gasteiger partial charge in [-0.25, -0.2) is 13.9 Å². The highest BCUT2D eigenvalue weighted by Gasteiger charge is 2.39. The molecule has 1 saturated carbocycles. The summed E-state index contributed by atoms with van der Waals surface area (Å²) in [5.41, 5.74) is 1.16. The number of carbonyl (C=O) groups excluding carboxylic acids is 2. The van der Waals surface area contributed by atoms with Gasteiger partial charge in [-0.2, -0.15) is 0 Å². The zero-order chi connectivity index (χ0) is 28.8. The molecule has 1 aliphatic carbocycles. The Morgan fingerprint density at radius 1 is 1.07 bits per heavy atom. The number of aromatic nitrogens is 2. The summed E-state index contributed by atoms with van der Waals surface area (Å²) in [6.07, 6.45) is 1.20. The third-order valence-corrected chi connectivity index (χ3v) is 8.58. The van der Waals surface area contributed by atoms with Gasteiger partial charge in [-0.3, -0.25) is 14.4 Å². The van der Waals surface area contributed by atoms with Crippen LogP contribution in [-0.2, 0) is 17.7 Å². The number of carbonyl (C=O) groups is 2. The first-order valence-corrected chi connectivity index (χ1v) is 14.2. The van der Waals surface area contributed by atoms with E-state index in [4.69, 9.17) is 32.9 Å². The molecule has 3 aliphatic rings. The molecule has 41 heavy (non-hydrogen) atoms. The van der Waals surface area contributed by atoms with Crippen LogP contribution in [0.5, 0.6) is 0 Å². The maximum Gasteiger partial charge on any atom is 0.263 e. The lowest BCUT2D eigenvalue weighted by Gasteiger charge is -2.32. The van der Waals surface area contributed by atoms with E-state index in [1.54, 1.807) is 24.3 Å². The Morgan fingerprint density at radius 2 is 1.80 bits per heavy atom. The van der Waals surface area contributed by atoms with E-state index in [0.717, 1.165) is 24.2 Å². The Morgan fingerprint density at radius 3 is 2.49 bits per heavy atom. The molecule has 3 heterocycles. The predicted octanol–water partition coefficient (Wildman–Crippen LogP) is 4.37. The number of alkyl halides is 1. The van der Waals surface area contributed by atoms with Crippen molar-refractivity contribution in [3.05, 3.63) is 85.2 Å². The van der Waals surface area contributed by atoms with Crippen LogP contribution in [0.2, 0.25) is 10.0 Å². The van der Waals surface area contributed by atoms with Gasteiger partial charge in [0.15, 0.2) is 6.30 Å². The van der Waals surface area contributed by atoms with E-state index in [2.05, 4.69) is 10.6 Å². The maximum atomic E-state index is 15.5. The molecule has 0 spiro atoms. The molecule has 2 aliphatic heterocycles. The van der Waals surface area contributed by atoms with Crippen LogP contribution >= 0.6 is 23.2 Å². The maximum absolute atomic E-state index is 15.5. The topological polar surface area (TPSA) is 106 Å². The highest BCUT2D eigenvalue weighted by molar-refractivity contribution is 6.42. The third kappa shape index (κ3) is 5.43. The molecule has 2 aromatic carbocycles. The number of ether oxygens (including phenoxy) is 1. The standard InChI is InChI=1S/C29H28Cl2FN5O4/c1-33-26(38)16-4-7-19(8-5-16)37-28(40)20-12-25(32)36(27(39)17-6-9-21(30)22(31)10-17)13-23(20)35-29(37)34-18-11-24(41-14-18)15-2-3-15/h4-10,15,18,24-25H,2-3,11-14H2,1H3,(H,33,38)(H,34,35)/t18?,24?,25-/m0/s1. The molecule has 1 saturated heterocycles. The van der Waals surface area contributed by atoms with E-state index in [0.29, 0.717) is 29.5 Å². The van der Waals surface area contributed by atoms with E-state index in [1.807, 2.05) is 0 Å². The summed E-state index contributed by atoms with van der Waals surface area (Å²) in [7, 11) is 1.54. The molecule has 1 aromatic heterocycles. The number of anilines is 1. The van der Waals surface area contributed by atoms with Gasteiger partial charge in [-0.15, -0.1) is 0 Å². The average Bonchev–Trinajstić information content (AvgIpc) is 3.72. The molecule has 3 atom stereocenters. The van der Waals surface area contributed by atoms with Gasteiger partial charge in [-0.1, -0.05) is 23.2 Å². The van der Waals surface area contributed by atoms with Crippen LogP contribution in [0, 0.1) is 5.92 Å². The number of nitrogens with zero attached hydrogens (tertiary/aromatic N) is 3. The molecule has 9 nitrogen and oxygen atoms in total. The summed E-state index contributed by atoms with van der Waals surface area (Å²) in [5, 5.41) is 6.42. The molecule has 214 valence electrons. The number of rotatable bonds is 6. The van der Waals surface area contributed by atoms with Crippen LogP contribution in [0.4, 0.5) is 10.3 Å². The molecular weight excluding hydrogens is 572 g/mol. The molecular formula is C29H28Cl2FN5O4. The van der Waals surface area contributed by atoms with Crippen LogP contribution in [0.1, 0.15) is 51.2 Å². The molecule has 2 amide bonds. The number of hydrogen-bond acceptors (Lipinski definition) is 6. The number of benzene rings is 2. The van der Waals surface area contributed by atoms with Gasteiger partial charge in [0, 0.05) is 30.2 Å². The van der Waals surface area contributed by atoms with Crippen molar-refractivity contribution in [3.8, 4) is 5.69 Å². The number of amides is 2. The van der Waals surface area contributed by atoms with Crippen molar-refractivity contribution in [3.63, 3.8) is 0 Å². The Labute approximate surface area is 245 Å². The minimum Gasteiger partial charge on any atom is -0.376 e. The van der Waals surface area contributed by atoms with Gasteiger partial charge in [0.05, 0.1) is 46.7 Å². The predicted molar refractivity (Wildman–Crippen MR) is 153 cm³/mol.